The molecule has 0 bridgehead atoms. The Labute approximate surface area is 216 Å². The summed E-state index contributed by atoms with van der Waals surface area (Å²) in [5.41, 5.74) is -1.27. The third-order valence-electron chi connectivity index (χ3n) is 5.69. The zero-order chi connectivity index (χ0) is 26.8. The molecule has 2 heterocycles. The van der Waals surface area contributed by atoms with E-state index >= 15 is 0 Å². The minimum Gasteiger partial charge on any atom is -0.487 e. The summed E-state index contributed by atoms with van der Waals surface area (Å²) in [5, 5.41) is 28.1. The summed E-state index contributed by atoms with van der Waals surface area (Å²) < 4.78 is 54.1. The summed E-state index contributed by atoms with van der Waals surface area (Å²) in [7, 11) is 0. The standard InChI is InChI=1S/C26H25ClF3N3O4/c1-25(2,35)11-12-33-24(26(28,29)30)18(13-31-33)23-19(14-34)22(32-37-23)17-9-6-10-20(21(17)27)36-15-16-7-4-3-5-8-16/h3-10,13,34-35H,11-12,14-15H2,1-2H3. The van der Waals surface area contributed by atoms with E-state index in [1.54, 1.807) is 18.2 Å². The van der Waals surface area contributed by atoms with Crippen molar-refractivity contribution in [2.45, 2.75) is 51.8 Å². The summed E-state index contributed by atoms with van der Waals surface area (Å²) in [6.07, 6.45) is -3.73. The Hall–Kier alpha value is -3.34. The molecule has 0 atom stereocenters. The van der Waals surface area contributed by atoms with Crippen molar-refractivity contribution in [2.24, 2.45) is 0 Å². The average molecular weight is 536 g/mol. The lowest BCUT2D eigenvalue weighted by molar-refractivity contribution is -0.144. The largest absolute Gasteiger partial charge is 0.487 e. The lowest BCUT2D eigenvalue weighted by Crippen LogP contribution is -2.24. The van der Waals surface area contributed by atoms with Gasteiger partial charge < -0.3 is 19.5 Å². The highest BCUT2D eigenvalue weighted by Gasteiger charge is 2.40. The highest BCUT2D eigenvalue weighted by atomic mass is 35.5. The second kappa shape index (κ2) is 10.6. The summed E-state index contributed by atoms with van der Waals surface area (Å²) in [6.45, 7) is 2.41. The van der Waals surface area contributed by atoms with Crippen LogP contribution in [-0.2, 0) is 25.9 Å². The molecule has 196 valence electrons. The molecule has 0 amide bonds. The molecule has 2 aromatic heterocycles. The molecule has 37 heavy (non-hydrogen) atoms. The summed E-state index contributed by atoms with van der Waals surface area (Å²) >= 11 is 6.58. The first-order valence-corrected chi connectivity index (χ1v) is 11.8. The van der Waals surface area contributed by atoms with E-state index in [0.29, 0.717) is 11.3 Å². The number of hydrogen-bond acceptors (Lipinski definition) is 6. The van der Waals surface area contributed by atoms with Crippen molar-refractivity contribution in [3.8, 4) is 28.3 Å². The quantitative estimate of drug-likeness (QED) is 0.268. The van der Waals surface area contributed by atoms with Gasteiger partial charge in [-0.25, -0.2) is 0 Å². The van der Waals surface area contributed by atoms with Crippen molar-refractivity contribution in [2.75, 3.05) is 0 Å². The second-order valence-electron chi connectivity index (χ2n) is 9.08. The van der Waals surface area contributed by atoms with Crippen LogP contribution in [0, 0.1) is 0 Å². The maximum atomic E-state index is 14.1. The zero-order valence-corrected chi connectivity index (χ0v) is 20.8. The molecule has 2 aromatic carbocycles. The van der Waals surface area contributed by atoms with Crippen LogP contribution in [0.1, 0.15) is 37.1 Å². The molecule has 4 aromatic rings. The van der Waals surface area contributed by atoms with E-state index in [1.165, 1.54) is 13.8 Å². The topological polar surface area (TPSA) is 93.5 Å². The molecule has 0 saturated carbocycles. The van der Waals surface area contributed by atoms with Gasteiger partial charge in [-0.2, -0.15) is 18.3 Å². The van der Waals surface area contributed by atoms with Gasteiger partial charge in [0.1, 0.15) is 18.1 Å². The van der Waals surface area contributed by atoms with Crippen molar-refractivity contribution in [3.63, 3.8) is 0 Å². The van der Waals surface area contributed by atoms with Gasteiger partial charge in [0.15, 0.2) is 11.5 Å². The average Bonchev–Trinajstić information content (AvgIpc) is 3.46. The van der Waals surface area contributed by atoms with Gasteiger partial charge in [0.25, 0.3) is 0 Å². The van der Waals surface area contributed by atoms with Crippen LogP contribution in [0.15, 0.2) is 59.3 Å². The first-order chi connectivity index (χ1) is 17.5. The van der Waals surface area contributed by atoms with Gasteiger partial charge in [-0.3, -0.25) is 4.68 Å². The number of aliphatic hydroxyl groups is 2. The summed E-state index contributed by atoms with van der Waals surface area (Å²) in [4.78, 5) is 0. The van der Waals surface area contributed by atoms with Crippen LogP contribution in [0.5, 0.6) is 5.75 Å². The Morgan fingerprint density at radius 1 is 1.05 bits per heavy atom. The Balaban J connectivity index is 1.71. The molecule has 11 heteroatoms. The zero-order valence-electron chi connectivity index (χ0n) is 20.1. The van der Waals surface area contributed by atoms with Crippen molar-refractivity contribution in [3.05, 3.63) is 76.6 Å². The lowest BCUT2D eigenvalue weighted by atomic mass is 10.0. The fourth-order valence-corrected chi connectivity index (χ4v) is 4.09. The summed E-state index contributed by atoms with van der Waals surface area (Å²) in [6, 6.07) is 14.4. The molecule has 0 unspecified atom stereocenters. The predicted molar refractivity (Wildman–Crippen MR) is 131 cm³/mol. The number of rotatable bonds is 9. The minimum atomic E-state index is -4.78. The van der Waals surface area contributed by atoms with Gasteiger partial charge in [-0.05, 0) is 31.9 Å². The predicted octanol–water partition coefficient (Wildman–Crippen LogP) is 6.11. The Morgan fingerprint density at radius 2 is 1.78 bits per heavy atom. The first kappa shape index (κ1) is 26.7. The SMILES string of the molecule is CC(C)(O)CCn1ncc(-c2onc(-c3cccc(OCc4ccccc4)c3Cl)c2CO)c1C(F)(F)F. The molecule has 0 aliphatic rings. The number of ether oxygens (including phenoxy) is 1. The third kappa shape index (κ3) is 5.98. The van der Waals surface area contributed by atoms with Gasteiger partial charge in [-0.1, -0.05) is 59.2 Å². The first-order valence-electron chi connectivity index (χ1n) is 11.4. The van der Waals surface area contributed by atoms with E-state index in [4.69, 9.17) is 20.9 Å². The van der Waals surface area contributed by atoms with Gasteiger partial charge in [-0.15, -0.1) is 0 Å². The van der Waals surface area contributed by atoms with E-state index < -0.39 is 24.1 Å². The van der Waals surface area contributed by atoms with Crippen molar-refractivity contribution < 1.29 is 32.6 Å². The molecular formula is C26H25ClF3N3O4. The number of aryl methyl sites for hydroxylation is 1. The molecule has 0 saturated heterocycles. The number of alkyl halides is 3. The number of aliphatic hydroxyl groups excluding tert-OH is 1. The molecular weight excluding hydrogens is 511 g/mol. The maximum absolute atomic E-state index is 14.1. The van der Waals surface area contributed by atoms with Gasteiger partial charge in [0.2, 0.25) is 0 Å². The van der Waals surface area contributed by atoms with E-state index in [0.717, 1.165) is 16.4 Å². The molecule has 7 nitrogen and oxygen atoms in total. The monoisotopic (exact) mass is 535 g/mol. The fraction of sp³-hybridized carbons (Fsp3) is 0.308. The lowest BCUT2D eigenvalue weighted by Gasteiger charge is -2.18. The number of benzene rings is 2. The molecule has 0 aliphatic heterocycles. The van der Waals surface area contributed by atoms with Crippen molar-refractivity contribution >= 4 is 11.6 Å². The minimum absolute atomic E-state index is 0.0228. The highest BCUT2D eigenvalue weighted by Crippen LogP contribution is 2.43. The van der Waals surface area contributed by atoms with E-state index in [-0.39, 0.29) is 47.2 Å². The van der Waals surface area contributed by atoms with Gasteiger partial charge in [0.05, 0.1) is 34.6 Å². The molecule has 0 fully saturated rings. The Kier molecular flexibility index (Phi) is 7.63. The van der Waals surface area contributed by atoms with E-state index in [2.05, 4.69) is 10.3 Å². The number of halogens is 4. The number of hydrogen-bond donors (Lipinski definition) is 2. The van der Waals surface area contributed by atoms with Crippen LogP contribution in [0.4, 0.5) is 13.2 Å². The Morgan fingerprint density at radius 3 is 2.43 bits per heavy atom. The van der Waals surface area contributed by atoms with Crippen LogP contribution in [-0.4, -0.2) is 30.8 Å². The third-order valence-corrected chi connectivity index (χ3v) is 6.08. The van der Waals surface area contributed by atoms with E-state index in [1.807, 2.05) is 30.3 Å². The highest BCUT2D eigenvalue weighted by molar-refractivity contribution is 6.34. The molecule has 2 N–H and O–H groups in total. The number of nitrogens with zero attached hydrogens (tertiary/aromatic N) is 3. The van der Waals surface area contributed by atoms with Gasteiger partial charge in [0, 0.05) is 12.1 Å². The molecule has 4 rings (SSSR count). The van der Waals surface area contributed by atoms with Gasteiger partial charge >= 0.3 is 6.18 Å². The molecule has 0 aliphatic carbocycles. The van der Waals surface area contributed by atoms with Crippen molar-refractivity contribution in [1.29, 1.82) is 0 Å². The molecule has 0 radical (unpaired) electrons. The normalized spacial score (nSPS) is 12.2. The van der Waals surface area contributed by atoms with Crippen LogP contribution < -0.4 is 4.74 Å². The smallest absolute Gasteiger partial charge is 0.433 e. The molecule has 0 spiro atoms. The van der Waals surface area contributed by atoms with Crippen LogP contribution in [0.3, 0.4) is 0 Å². The summed E-state index contributed by atoms with van der Waals surface area (Å²) in [5.74, 6) is 0.0675. The number of aromatic nitrogens is 3. The van der Waals surface area contributed by atoms with E-state index in [9.17, 15) is 23.4 Å². The van der Waals surface area contributed by atoms with Crippen LogP contribution in [0.25, 0.3) is 22.6 Å². The fourth-order valence-electron chi connectivity index (χ4n) is 3.82. The second-order valence-corrected chi connectivity index (χ2v) is 9.46. The van der Waals surface area contributed by atoms with Crippen LogP contribution in [0.2, 0.25) is 5.02 Å². The maximum Gasteiger partial charge on any atom is 0.433 e. The van der Waals surface area contributed by atoms with Crippen molar-refractivity contribution in [1.82, 2.24) is 14.9 Å². The Bertz CT molecular complexity index is 1360. The van der Waals surface area contributed by atoms with Crippen LogP contribution >= 0.6 is 11.6 Å².